The predicted octanol–water partition coefficient (Wildman–Crippen LogP) is 3.14. The fourth-order valence-corrected chi connectivity index (χ4v) is 4.45. The van der Waals surface area contributed by atoms with E-state index < -0.39 is 46.3 Å². The van der Waals surface area contributed by atoms with Crippen LogP contribution in [0, 0.1) is 5.92 Å². The Morgan fingerprint density at radius 1 is 1.11 bits per heavy atom. The summed E-state index contributed by atoms with van der Waals surface area (Å²) in [6.45, 7) is 11.3. The number of methoxy groups -OCH3 is 1. The third-order valence-corrected chi connectivity index (χ3v) is 5.73. The van der Waals surface area contributed by atoms with Gasteiger partial charge in [-0.1, -0.05) is 18.2 Å². The van der Waals surface area contributed by atoms with Gasteiger partial charge in [-0.3, -0.25) is 9.59 Å². The fourth-order valence-electron chi connectivity index (χ4n) is 4.45. The number of ketones is 1. The van der Waals surface area contributed by atoms with E-state index in [0.29, 0.717) is 0 Å². The molecule has 1 amide bonds. The number of amides is 1. The largest absolute Gasteiger partial charge is 0.507 e. The Balaban J connectivity index is 2.54. The minimum Gasteiger partial charge on any atom is -0.507 e. The molecule has 3 atom stereocenters. The van der Waals surface area contributed by atoms with Gasteiger partial charge in [-0.05, 0) is 54.5 Å². The summed E-state index contributed by atoms with van der Waals surface area (Å²) in [5.74, 6) is -4.26. The third kappa shape index (κ3) is 5.39. The van der Waals surface area contributed by atoms with Crippen molar-refractivity contribution in [2.75, 3.05) is 7.11 Å². The van der Waals surface area contributed by atoms with Crippen molar-refractivity contribution in [3.8, 4) is 0 Å². The van der Waals surface area contributed by atoms with Crippen LogP contribution in [0.4, 0.5) is 0 Å². The minimum atomic E-state index is -1.78. The second kappa shape index (κ2) is 9.93. The number of fused-ring (bicyclic) bond motifs is 1. The summed E-state index contributed by atoms with van der Waals surface area (Å²) in [4.78, 5) is 51.0. The van der Waals surface area contributed by atoms with Crippen LogP contribution in [0.3, 0.4) is 0 Å². The molecule has 9 nitrogen and oxygen atoms in total. The van der Waals surface area contributed by atoms with Crippen LogP contribution in [0.2, 0.25) is 0 Å². The Hall–Kier alpha value is -3.62. The highest BCUT2D eigenvalue weighted by Gasteiger charge is 2.67. The number of hydrogen-bond acceptors (Lipinski definition) is 8. The Morgan fingerprint density at radius 2 is 1.74 bits per heavy atom. The van der Waals surface area contributed by atoms with Crippen molar-refractivity contribution in [1.29, 1.82) is 0 Å². The van der Waals surface area contributed by atoms with E-state index in [-0.39, 0.29) is 22.7 Å². The van der Waals surface area contributed by atoms with Gasteiger partial charge >= 0.3 is 11.9 Å². The molecule has 0 aromatic heterocycles. The van der Waals surface area contributed by atoms with Gasteiger partial charge in [0.05, 0.1) is 18.6 Å². The molecule has 0 radical (unpaired) electrons. The number of aliphatic hydroxyl groups is 1. The van der Waals surface area contributed by atoms with E-state index in [1.54, 1.807) is 53.7 Å². The summed E-state index contributed by atoms with van der Waals surface area (Å²) in [5, 5.41) is 13.5. The van der Waals surface area contributed by atoms with E-state index in [0.717, 1.165) is 12.2 Å². The number of aliphatic hydroxyl groups excluding tert-OH is 1. The molecule has 2 rings (SSSR count). The van der Waals surface area contributed by atoms with Crippen LogP contribution < -0.4 is 5.32 Å². The van der Waals surface area contributed by atoms with Crippen molar-refractivity contribution in [3.63, 3.8) is 0 Å². The van der Waals surface area contributed by atoms with Gasteiger partial charge in [0.1, 0.15) is 22.7 Å². The zero-order valence-corrected chi connectivity index (χ0v) is 21.3. The molecule has 0 bridgehead atoms. The normalized spacial score (nSPS) is 27.0. The molecule has 2 N–H and O–H groups in total. The maximum atomic E-state index is 13.2. The molecule has 190 valence electrons. The molecule has 1 saturated heterocycles. The van der Waals surface area contributed by atoms with Crippen molar-refractivity contribution >= 4 is 23.6 Å². The number of carbonyl (C=O) groups is 4. The number of carbonyl (C=O) groups excluding carboxylic acids is 4. The molecule has 1 aliphatic carbocycles. The van der Waals surface area contributed by atoms with Crippen LogP contribution in [0.1, 0.15) is 48.5 Å². The molecule has 1 fully saturated rings. The quantitative estimate of drug-likeness (QED) is 0.318. The number of nitrogens with one attached hydrogen (secondary N) is 1. The van der Waals surface area contributed by atoms with Gasteiger partial charge in [-0.25, -0.2) is 9.59 Å². The maximum absolute atomic E-state index is 13.2. The number of hydrogen-bond donors (Lipinski definition) is 2. The van der Waals surface area contributed by atoms with Crippen LogP contribution in [-0.2, 0) is 33.4 Å². The molecular weight excluding hydrogens is 454 g/mol. The van der Waals surface area contributed by atoms with E-state index >= 15 is 0 Å². The van der Waals surface area contributed by atoms with Crippen molar-refractivity contribution in [3.05, 3.63) is 59.1 Å². The van der Waals surface area contributed by atoms with Gasteiger partial charge in [0.15, 0.2) is 11.4 Å². The van der Waals surface area contributed by atoms with E-state index in [1.807, 2.05) is 0 Å². The average Bonchev–Trinajstić information content (AvgIpc) is 2.92. The van der Waals surface area contributed by atoms with E-state index in [1.165, 1.54) is 26.2 Å². The summed E-state index contributed by atoms with van der Waals surface area (Å²) in [5.41, 5.74) is -3.87. The molecule has 9 heteroatoms. The van der Waals surface area contributed by atoms with Crippen LogP contribution in [0.25, 0.3) is 0 Å². The number of ether oxygens (including phenoxy) is 3. The Kier molecular flexibility index (Phi) is 7.84. The van der Waals surface area contributed by atoms with Crippen molar-refractivity contribution in [2.45, 2.75) is 65.2 Å². The van der Waals surface area contributed by atoms with Gasteiger partial charge in [0, 0.05) is 17.7 Å². The zero-order valence-electron chi connectivity index (χ0n) is 21.3. The number of allylic oxidation sites excluding steroid dienone is 5. The lowest BCUT2D eigenvalue weighted by molar-refractivity contribution is -0.151. The number of rotatable bonds is 7. The lowest BCUT2D eigenvalue weighted by Crippen LogP contribution is -2.58. The minimum absolute atomic E-state index is 0.101. The van der Waals surface area contributed by atoms with Crippen LogP contribution in [0.5, 0.6) is 0 Å². The highest BCUT2D eigenvalue weighted by atomic mass is 16.6. The van der Waals surface area contributed by atoms with E-state index in [4.69, 9.17) is 14.2 Å². The molecule has 0 aromatic rings. The molecule has 0 aromatic carbocycles. The SMILES string of the molecule is C/C=C/C=C/C(=O)C1=C(O)C(C)=C(OC)[C@@]2(C)OC(=O)[C@](C)(NC(=O)/C=C/C(=O)OC(C)(C)C)[C@@H]12. The summed E-state index contributed by atoms with van der Waals surface area (Å²) in [6.07, 6.45) is 7.99. The second-order valence-corrected chi connectivity index (χ2v) is 9.66. The first-order valence-corrected chi connectivity index (χ1v) is 11.1. The highest BCUT2D eigenvalue weighted by molar-refractivity contribution is 6.08. The smallest absolute Gasteiger partial charge is 0.333 e. The van der Waals surface area contributed by atoms with Gasteiger partial charge in [0.25, 0.3) is 0 Å². The average molecular weight is 488 g/mol. The molecule has 35 heavy (non-hydrogen) atoms. The molecule has 1 aliphatic heterocycles. The second-order valence-electron chi connectivity index (χ2n) is 9.66. The van der Waals surface area contributed by atoms with Gasteiger partial charge in [0.2, 0.25) is 5.91 Å². The third-order valence-electron chi connectivity index (χ3n) is 5.73. The highest BCUT2D eigenvalue weighted by Crippen LogP contribution is 2.53. The van der Waals surface area contributed by atoms with Gasteiger partial charge < -0.3 is 24.6 Å². The topological polar surface area (TPSA) is 128 Å². The first-order valence-electron chi connectivity index (χ1n) is 11.1. The summed E-state index contributed by atoms with van der Waals surface area (Å²) in [7, 11) is 1.36. The Bertz CT molecular complexity index is 1090. The fraction of sp³-hybridized carbons (Fsp3) is 0.462. The Labute approximate surface area is 205 Å². The summed E-state index contributed by atoms with van der Waals surface area (Å²) >= 11 is 0. The first-order chi connectivity index (χ1) is 16.1. The van der Waals surface area contributed by atoms with Crippen molar-refractivity contribution < 1.29 is 38.5 Å². The van der Waals surface area contributed by atoms with Gasteiger partial charge in [-0.15, -0.1) is 0 Å². The van der Waals surface area contributed by atoms with Gasteiger partial charge in [-0.2, -0.15) is 0 Å². The maximum Gasteiger partial charge on any atom is 0.333 e. The van der Waals surface area contributed by atoms with Crippen LogP contribution in [-0.4, -0.2) is 52.6 Å². The summed E-state index contributed by atoms with van der Waals surface area (Å²) in [6, 6.07) is 0. The molecule has 0 saturated carbocycles. The van der Waals surface area contributed by atoms with Crippen molar-refractivity contribution in [1.82, 2.24) is 5.32 Å². The molecular formula is C26H33NO8. The van der Waals surface area contributed by atoms with E-state index in [9.17, 15) is 24.3 Å². The number of esters is 2. The Morgan fingerprint density at radius 3 is 2.29 bits per heavy atom. The lowest BCUT2D eigenvalue weighted by atomic mass is 9.66. The predicted molar refractivity (Wildman–Crippen MR) is 128 cm³/mol. The first kappa shape index (κ1) is 27.6. The zero-order chi connectivity index (χ0) is 26.8. The molecule has 2 aliphatic rings. The molecule has 0 spiro atoms. The summed E-state index contributed by atoms with van der Waals surface area (Å²) < 4.78 is 16.3. The standard InChI is InChI=1S/C26H33NO8/c1-9-10-11-12-16(28)19-20(31)15(2)22(33-8)26(7)21(19)25(6,23(32)35-26)27-17(29)13-14-18(30)34-24(3,4)5/h9-14,21,31H,1-8H3,(H,27,29)/b10-9+,12-11+,14-13+/t21-,25-,26+/m1/s1. The lowest BCUT2D eigenvalue weighted by Gasteiger charge is -2.40. The van der Waals surface area contributed by atoms with Crippen LogP contribution >= 0.6 is 0 Å². The monoisotopic (exact) mass is 487 g/mol. The molecule has 1 heterocycles. The van der Waals surface area contributed by atoms with E-state index in [2.05, 4.69) is 5.32 Å². The molecule has 0 unspecified atom stereocenters. The van der Waals surface area contributed by atoms with Crippen molar-refractivity contribution in [2.24, 2.45) is 5.92 Å². The van der Waals surface area contributed by atoms with Crippen LogP contribution in [0.15, 0.2) is 59.1 Å².